The first-order valence-electron chi connectivity index (χ1n) is 3.87. The Labute approximate surface area is 114 Å². The SMILES string of the molecule is N#CC(C#N)=NNc1c(Cl)cc(Br)cc1Br. The molecule has 0 aliphatic heterocycles. The summed E-state index contributed by atoms with van der Waals surface area (Å²) in [4.78, 5) is 0. The number of hydrogen-bond donors (Lipinski definition) is 1. The van der Waals surface area contributed by atoms with Gasteiger partial charge in [-0.2, -0.15) is 15.6 Å². The Kier molecular flexibility index (Phi) is 4.75. The summed E-state index contributed by atoms with van der Waals surface area (Å²) >= 11 is 12.5. The first-order valence-corrected chi connectivity index (χ1v) is 5.83. The number of hydrogen-bond acceptors (Lipinski definition) is 4. The summed E-state index contributed by atoms with van der Waals surface area (Å²) in [6.45, 7) is 0. The van der Waals surface area contributed by atoms with E-state index in [-0.39, 0.29) is 5.71 Å². The van der Waals surface area contributed by atoms with E-state index >= 15 is 0 Å². The topological polar surface area (TPSA) is 72.0 Å². The van der Waals surface area contributed by atoms with Crippen LogP contribution in [0.4, 0.5) is 5.69 Å². The molecule has 0 unspecified atom stereocenters. The van der Waals surface area contributed by atoms with Gasteiger partial charge in [-0.05, 0) is 28.1 Å². The van der Waals surface area contributed by atoms with Gasteiger partial charge in [0.25, 0.3) is 0 Å². The Hall–Kier alpha value is -1.08. The van der Waals surface area contributed by atoms with E-state index in [4.69, 9.17) is 22.1 Å². The third-order valence-electron chi connectivity index (χ3n) is 1.50. The summed E-state index contributed by atoms with van der Waals surface area (Å²) in [5.74, 6) is 0. The van der Waals surface area contributed by atoms with E-state index in [0.29, 0.717) is 15.2 Å². The predicted molar refractivity (Wildman–Crippen MR) is 69.1 cm³/mol. The van der Waals surface area contributed by atoms with Crippen LogP contribution in [-0.4, -0.2) is 5.71 Å². The molecule has 16 heavy (non-hydrogen) atoms. The maximum absolute atomic E-state index is 8.49. The zero-order valence-electron chi connectivity index (χ0n) is 7.63. The van der Waals surface area contributed by atoms with Crippen molar-refractivity contribution < 1.29 is 0 Å². The molecular weight excluding hydrogens is 359 g/mol. The standard InChI is InChI=1S/C9H3Br2ClN4/c10-5-1-7(11)9(8(12)2-5)16-15-6(3-13)4-14/h1-2,16H. The second-order valence-corrected chi connectivity index (χ2v) is 4.72. The Morgan fingerprint density at radius 3 is 2.44 bits per heavy atom. The van der Waals surface area contributed by atoms with Gasteiger partial charge in [-0.25, -0.2) is 0 Å². The highest BCUT2D eigenvalue weighted by molar-refractivity contribution is 9.11. The number of nitriles is 2. The smallest absolute Gasteiger partial charge is 0.237 e. The van der Waals surface area contributed by atoms with Crippen molar-refractivity contribution in [2.24, 2.45) is 5.10 Å². The molecule has 7 heteroatoms. The monoisotopic (exact) mass is 360 g/mol. The van der Waals surface area contributed by atoms with Crippen molar-refractivity contribution in [3.8, 4) is 12.1 Å². The van der Waals surface area contributed by atoms with E-state index in [1.807, 2.05) is 0 Å². The van der Waals surface area contributed by atoms with E-state index in [9.17, 15) is 0 Å². The van der Waals surface area contributed by atoms with Crippen molar-refractivity contribution in [2.45, 2.75) is 0 Å². The Bertz CT molecular complexity index is 488. The number of nitrogens with zero attached hydrogens (tertiary/aromatic N) is 3. The lowest BCUT2D eigenvalue weighted by atomic mass is 10.3. The molecule has 0 heterocycles. The van der Waals surface area contributed by atoms with E-state index in [0.717, 1.165) is 4.47 Å². The molecule has 1 N–H and O–H groups in total. The molecule has 1 aromatic rings. The number of rotatable bonds is 2. The third kappa shape index (κ3) is 3.21. The van der Waals surface area contributed by atoms with Crippen LogP contribution in [-0.2, 0) is 0 Å². The highest BCUT2D eigenvalue weighted by atomic mass is 79.9. The van der Waals surface area contributed by atoms with Crippen LogP contribution in [0.2, 0.25) is 5.02 Å². The molecule has 0 aromatic heterocycles. The number of anilines is 1. The van der Waals surface area contributed by atoms with Crippen LogP contribution >= 0.6 is 43.5 Å². The van der Waals surface area contributed by atoms with Gasteiger partial charge in [0.15, 0.2) is 0 Å². The summed E-state index contributed by atoms with van der Waals surface area (Å²) < 4.78 is 1.48. The summed E-state index contributed by atoms with van der Waals surface area (Å²) in [6, 6.07) is 6.70. The molecular formula is C9H3Br2ClN4. The summed E-state index contributed by atoms with van der Waals surface area (Å²) in [6.07, 6.45) is 0. The quantitative estimate of drug-likeness (QED) is 0.644. The molecule has 0 saturated heterocycles. The molecule has 0 aliphatic rings. The lowest BCUT2D eigenvalue weighted by molar-refractivity contribution is 1.32. The second kappa shape index (κ2) is 5.86. The van der Waals surface area contributed by atoms with E-state index in [1.165, 1.54) is 0 Å². The average Bonchev–Trinajstić information content (AvgIpc) is 2.22. The van der Waals surface area contributed by atoms with Gasteiger partial charge in [0.05, 0.1) is 10.7 Å². The van der Waals surface area contributed by atoms with Gasteiger partial charge in [0, 0.05) is 8.95 Å². The maximum atomic E-state index is 8.49. The number of benzene rings is 1. The van der Waals surface area contributed by atoms with Crippen LogP contribution in [0.5, 0.6) is 0 Å². The fourth-order valence-corrected chi connectivity index (χ4v) is 2.66. The fourth-order valence-electron chi connectivity index (χ4n) is 0.836. The highest BCUT2D eigenvalue weighted by Crippen LogP contribution is 2.33. The molecule has 1 aromatic carbocycles. The highest BCUT2D eigenvalue weighted by Gasteiger charge is 2.06. The lowest BCUT2D eigenvalue weighted by Crippen LogP contribution is -1.97. The molecule has 0 radical (unpaired) electrons. The average molecular weight is 362 g/mol. The summed E-state index contributed by atoms with van der Waals surface area (Å²) in [5.41, 5.74) is 2.77. The van der Waals surface area contributed by atoms with Gasteiger partial charge >= 0.3 is 0 Å². The van der Waals surface area contributed by atoms with E-state index < -0.39 is 0 Å². The van der Waals surface area contributed by atoms with Crippen molar-refractivity contribution in [1.29, 1.82) is 10.5 Å². The van der Waals surface area contributed by atoms with Crippen LogP contribution in [0.15, 0.2) is 26.2 Å². The summed E-state index contributed by atoms with van der Waals surface area (Å²) in [5, 5.41) is 21.0. The molecule has 80 valence electrons. The maximum Gasteiger partial charge on any atom is 0.237 e. The zero-order valence-corrected chi connectivity index (χ0v) is 11.6. The molecule has 1 rings (SSSR count). The van der Waals surface area contributed by atoms with Crippen LogP contribution < -0.4 is 5.43 Å². The van der Waals surface area contributed by atoms with Crippen LogP contribution in [0.1, 0.15) is 0 Å². The van der Waals surface area contributed by atoms with Crippen LogP contribution in [0.3, 0.4) is 0 Å². The fraction of sp³-hybridized carbons (Fsp3) is 0. The first-order chi connectivity index (χ1) is 7.58. The van der Waals surface area contributed by atoms with Crippen LogP contribution in [0.25, 0.3) is 0 Å². The van der Waals surface area contributed by atoms with Crippen molar-refractivity contribution in [2.75, 3.05) is 5.43 Å². The lowest BCUT2D eigenvalue weighted by Gasteiger charge is -2.06. The van der Waals surface area contributed by atoms with Crippen molar-refractivity contribution in [3.05, 3.63) is 26.1 Å². The van der Waals surface area contributed by atoms with Gasteiger partial charge < -0.3 is 0 Å². The Morgan fingerprint density at radius 1 is 1.31 bits per heavy atom. The Balaban J connectivity index is 3.05. The second-order valence-electron chi connectivity index (χ2n) is 2.54. The molecule has 0 fully saturated rings. The molecule has 0 bridgehead atoms. The minimum Gasteiger partial charge on any atom is -0.274 e. The van der Waals surface area contributed by atoms with Crippen LogP contribution in [0, 0.1) is 22.7 Å². The molecule has 0 saturated carbocycles. The van der Waals surface area contributed by atoms with Crippen molar-refractivity contribution >= 4 is 54.9 Å². The van der Waals surface area contributed by atoms with Gasteiger partial charge in [-0.15, -0.1) is 0 Å². The van der Waals surface area contributed by atoms with Crippen molar-refractivity contribution in [1.82, 2.24) is 0 Å². The molecule has 4 nitrogen and oxygen atoms in total. The minimum absolute atomic E-state index is 0.272. The van der Waals surface area contributed by atoms with Crippen molar-refractivity contribution in [3.63, 3.8) is 0 Å². The van der Waals surface area contributed by atoms with Gasteiger partial charge in [0.1, 0.15) is 12.1 Å². The Morgan fingerprint density at radius 2 is 1.94 bits per heavy atom. The number of hydrazone groups is 1. The van der Waals surface area contributed by atoms with E-state index in [1.54, 1.807) is 24.3 Å². The number of nitrogens with one attached hydrogen (secondary N) is 1. The normalized spacial score (nSPS) is 8.81. The first kappa shape index (κ1) is 13.0. The third-order valence-corrected chi connectivity index (χ3v) is 2.88. The van der Waals surface area contributed by atoms with Gasteiger partial charge in [0.2, 0.25) is 5.71 Å². The number of halogens is 3. The molecule has 0 aliphatic carbocycles. The summed E-state index contributed by atoms with van der Waals surface area (Å²) in [7, 11) is 0. The molecule has 0 spiro atoms. The molecule has 0 atom stereocenters. The minimum atomic E-state index is -0.272. The van der Waals surface area contributed by atoms with Gasteiger partial charge in [-0.3, -0.25) is 5.43 Å². The zero-order chi connectivity index (χ0) is 12.1. The molecule has 0 amide bonds. The predicted octanol–water partition coefficient (Wildman–Crippen LogP) is 3.68. The largest absolute Gasteiger partial charge is 0.274 e. The van der Waals surface area contributed by atoms with Gasteiger partial charge in [-0.1, -0.05) is 27.5 Å². The van der Waals surface area contributed by atoms with E-state index in [2.05, 4.69) is 42.4 Å².